The molecule has 3 heterocycles. The van der Waals surface area contributed by atoms with Crippen LogP contribution < -0.4 is 9.47 Å². The lowest BCUT2D eigenvalue weighted by atomic mass is 10.1. The van der Waals surface area contributed by atoms with Gasteiger partial charge in [0.05, 0.1) is 29.2 Å². The molecule has 10 heteroatoms. The zero-order valence-corrected chi connectivity index (χ0v) is 15.8. The predicted octanol–water partition coefficient (Wildman–Crippen LogP) is 3.23. The van der Waals surface area contributed by atoms with Gasteiger partial charge in [-0.25, -0.2) is 4.98 Å². The number of pyridine rings is 1. The molecule has 28 heavy (non-hydrogen) atoms. The number of benzene rings is 1. The summed E-state index contributed by atoms with van der Waals surface area (Å²) in [5.74, 6) is 0.898. The van der Waals surface area contributed by atoms with Gasteiger partial charge in [0.1, 0.15) is 12.9 Å². The smallest absolute Gasteiger partial charge is 0.274 e. The summed E-state index contributed by atoms with van der Waals surface area (Å²) in [7, 11) is 3.07. The third kappa shape index (κ3) is 3.76. The van der Waals surface area contributed by atoms with Gasteiger partial charge in [-0.15, -0.1) is 10.2 Å². The molecule has 4 aromatic rings. The number of nitrogens with zero attached hydrogens (tertiary/aromatic N) is 5. The van der Waals surface area contributed by atoms with Gasteiger partial charge in [-0.1, -0.05) is 16.5 Å². The molecule has 0 N–H and O–H groups in total. The van der Waals surface area contributed by atoms with Crippen molar-refractivity contribution in [2.24, 2.45) is 5.16 Å². The fourth-order valence-corrected chi connectivity index (χ4v) is 3.33. The third-order valence-electron chi connectivity index (χ3n) is 3.75. The summed E-state index contributed by atoms with van der Waals surface area (Å²) in [6.07, 6.45) is 3.78. The van der Waals surface area contributed by atoms with Crippen molar-refractivity contribution in [2.45, 2.75) is 6.10 Å². The Morgan fingerprint density at radius 1 is 1.21 bits per heavy atom. The molecule has 0 aliphatic carbocycles. The maximum absolute atomic E-state index is 6.16. The molecule has 0 bridgehead atoms. The van der Waals surface area contributed by atoms with Gasteiger partial charge in [-0.05, 0) is 35.9 Å². The molecule has 1 atom stereocenters. The number of hydrogen-bond acceptors (Lipinski definition) is 10. The number of methoxy groups -OCH3 is 1. The van der Waals surface area contributed by atoms with Crippen LogP contribution in [0.4, 0.5) is 0 Å². The van der Waals surface area contributed by atoms with E-state index in [2.05, 4.69) is 25.3 Å². The van der Waals surface area contributed by atoms with Gasteiger partial charge >= 0.3 is 0 Å². The standard InChI is InChI=1S/C18H15N5O4S/c1-24-18-22-13-4-3-12(8-15(13)28-18)27-16(17-23-20-10-26-17)14-7-11(5-6-19-14)9-21-25-2/h3-10,16H,1-2H3/b21-9+. The molecule has 142 valence electrons. The highest BCUT2D eigenvalue weighted by Crippen LogP contribution is 2.33. The number of rotatable bonds is 7. The minimum Gasteiger partial charge on any atom is -0.474 e. The van der Waals surface area contributed by atoms with Gasteiger partial charge in [-0.2, -0.15) is 0 Å². The maximum atomic E-state index is 6.16. The second-order valence-electron chi connectivity index (χ2n) is 5.52. The summed E-state index contributed by atoms with van der Waals surface area (Å²) in [5.41, 5.74) is 2.22. The molecule has 0 aliphatic rings. The highest BCUT2D eigenvalue weighted by atomic mass is 32.1. The van der Waals surface area contributed by atoms with Gasteiger partial charge in [0.15, 0.2) is 0 Å². The molecule has 0 saturated heterocycles. The van der Waals surface area contributed by atoms with Crippen LogP contribution in [0.25, 0.3) is 10.2 Å². The Morgan fingerprint density at radius 2 is 2.14 bits per heavy atom. The predicted molar refractivity (Wildman–Crippen MR) is 102 cm³/mol. The van der Waals surface area contributed by atoms with Crippen molar-refractivity contribution in [3.05, 3.63) is 60.1 Å². The first-order chi connectivity index (χ1) is 13.8. The minimum absolute atomic E-state index is 0.287. The molecule has 0 amide bonds. The molecular weight excluding hydrogens is 382 g/mol. The SMILES string of the molecule is CO/N=C/c1ccnc(C(Oc2ccc3nc(OC)sc3c2)c2nnco2)c1. The first-order valence-corrected chi connectivity index (χ1v) is 8.98. The van der Waals surface area contributed by atoms with E-state index < -0.39 is 6.10 Å². The van der Waals surface area contributed by atoms with Gasteiger partial charge < -0.3 is 18.7 Å². The van der Waals surface area contributed by atoms with Gasteiger partial charge in [-0.3, -0.25) is 4.98 Å². The molecule has 1 unspecified atom stereocenters. The molecule has 0 saturated carbocycles. The Balaban J connectivity index is 1.69. The lowest BCUT2D eigenvalue weighted by Crippen LogP contribution is -2.12. The van der Waals surface area contributed by atoms with E-state index in [0.29, 0.717) is 16.6 Å². The van der Waals surface area contributed by atoms with E-state index in [1.54, 1.807) is 25.6 Å². The molecule has 0 fully saturated rings. The normalized spacial score (nSPS) is 12.4. The topological polar surface area (TPSA) is 105 Å². The van der Waals surface area contributed by atoms with Crippen LogP contribution in [0.2, 0.25) is 0 Å². The second-order valence-corrected chi connectivity index (χ2v) is 6.51. The van der Waals surface area contributed by atoms with Crippen molar-refractivity contribution in [2.75, 3.05) is 14.2 Å². The number of hydrogen-bond donors (Lipinski definition) is 0. The van der Waals surface area contributed by atoms with Crippen molar-refractivity contribution in [3.63, 3.8) is 0 Å². The maximum Gasteiger partial charge on any atom is 0.274 e. The van der Waals surface area contributed by atoms with E-state index in [-0.39, 0.29) is 5.89 Å². The van der Waals surface area contributed by atoms with Crippen LogP contribution in [-0.4, -0.2) is 40.6 Å². The molecule has 9 nitrogen and oxygen atoms in total. The summed E-state index contributed by atoms with van der Waals surface area (Å²) in [4.78, 5) is 13.5. The molecule has 4 rings (SSSR count). The third-order valence-corrected chi connectivity index (χ3v) is 4.73. The van der Waals surface area contributed by atoms with E-state index >= 15 is 0 Å². The first kappa shape index (κ1) is 17.9. The molecule has 0 spiro atoms. The first-order valence-electron chi connectivity index (χ1n) is 8.16. The Hall–Kier alpha value is -3.53. The van der Waals surface area contributed by atoms with Crippen molar-refractivity contribution in [1.82, 2.24) is 20.2 Å². The van der Waals surface area contributed by atoms with E-state index in [1.807, 2.05) is 24.3 Å². The molecule has 0 radical (unpaired) electrons. The number of thiazole rings is 1. The number of fused-ring (bicyclic) bond motifs is 1. The fourth-order valence-electron chi connectivity index (χ4n) is 2.52. The van der Waals surface area contributed by atoms with E-state index in [1.165, 1.54) is 24.8 Å². The van der Waals surface area contributed by atoms with Crippen molar-refractivity contribution >= 4 is 27.8 Å². The Labute approximate surface area is 163 Å². The van der Waals surface area contributed by atoms with Crippen molar-refractivity contribution in [3.8, 4) is 10.9 Å². The number of oxime groups is 1. The van der Waals surface area contributed by atoms with Crippen LogP contribution in [0.15, 0.2) is 52.5 Å². The highest BCUT2D eigenvalue weighted by Gasteiger charge is 2.23. The monoisotopic (exact) mass is 397 g/mol. The lowest BCUT2D eigenvalue weighted by molar-refractivity contribution is 0.203. The zero-order chi connectivity index (χ0) is 19.3. The molecule has 1 aromatic carbocycles. The van der Waals surface area contributed by atoms with Crippen molar-refractivity contribution < 1.29 is 18.7 Å². The molecular formula is C18H15N5O4S. The van der Waals surface area contributed by atoms with E-state index in [9.17, 15) is 0 Å². The number of ether oxygens (including phenoxy) is 2. The summed E-state index contributed by atoms with van der Waals surface area (Å²) in [5, 5.41) is 12.1. The van der Waals surface area contributed by atoms with Crippen LogP contribution >= 0.6 is 11.3 Å². The fraction of sp³-hybridized carbons (Fsp3) is 0.167. The summed E-state index contributed by atoms with van der Waals surface area (Å²) in [6, 6.07) is 9.18. The van der Waals surface area contributed by atoms with Crippen LogP contribution in [0.3, 0.4) is 0 Å². The Kier molecular flexibility index (Phi) is 5.11. The summed E-state index contributed by atoms with van der Waals surface area (Å²) in [6.45, 7) is 0. The Bertz CT molecular complexity index is 1100. The van der Waals surface area contributed by atoms with Crippen LogP contribution in [0, 0.1) is 0 Å². The highest BCUT2D eigenvalue weighted by molar-refractivity contribution is 7.20. The average Bonchev–Trinajstić information content (AvgIpc) is 3.39. The van der Waals surface area contributed by atoms with Crippen LogP contribution in [0.1, 0.15) is 23.3 Å². The quantitative estimate of drug-likeness (QED) is 0.346. The Morgan fingerprint density at radius 3 is 2.93 bits per heavy atom. The van der Waals surface area contributed by atoms with Gasteiger partial charge in [0.2, 0.25) is 12.5 Å². The van der Waals surface area contributed by atoms with E-state index in [4.69, 9.17) is 18.7 Å². The minimum atomic E-state index is -0.689. The zero-order valence-electron chi connectivity index (χ0n) is 15.0. The van der Waals surface area contributed by atoms with Gasteiger partial charge in [0.25, 0.3) is 11.1 Å². The molecule has 0 aliphatic heterocycles. The van der Waals surface area contributed by atoms with Crippen LogP contribution in [-0.2, 0) is 4.84 Å². The van der Waals surface area contributed by atoms with Crippen LogP contribution in [0.5, 0.6) is 10.9 Å². The van der Waals surface area contributed by atoms with Crippen molar-refractivity contribution in [1.29, 1.82) is 0 Å². The molecule has 3 aromatic heterocycles. The summed E-state index contributed by atoms with van der Waals surface area (Å²) < 4.78 is 17.7. The van der Waals surface area contributed by atoms with E-state index in [0.717, 1.165) is 15.8 Å². The summed E-state index contributed by atoms with van der Waals surface area (Å²) >= 11 is 1.43. The van der Waals surface area contributed by atoms with Gasteiger partial charge in [0, 0.05) is 6.20 Å². The average molecular weight is 397 g/mol. The lowest BCUT2D eigenvalue weighted by Gasteiger charge is -2.15. The largest absolute Gasteiger partial charge is 0.474 e. The second kappa shape index (κ2) is 8.01. The number of aromatic nitrogens is 4.